The second-order valence-electron chi connectivity index (χ2n) is 6.98. The monoisotopic (exact) mass is 410 g/mol. The lowest BCUT2D eigenvalue weighted by Crippen LogP contribution is -2.43. The first-order valence-corrected chi connectivity index (χ1v) is 10.2. The Balaban J connectivity index is 1.46. The van der Waals surface area contributed by atoms with Crippen molar-refractivity contribution in [2.45, 2.75) is 32.4 Å². The third kappa shape index (κ3) is 3.78. The summed E-state index contributed by atoms with van der Waals surface area (Å²) in [5, 5.41) is 2.16. The second kappa shape index (κ2) is 7.75. The Bertz CT molecular complexity index is 1060. The normalized spacial score (nSPS) is 16.4. The second-order valence-corrected chi connectivity index (χ2v) is 7.84. The zero-order chi connectivity index (χ0) is 20.5. The van der Waals surface area contributed by atoms with E-state index in [1.807, 2.05) is 31.2 Å². The van der Waals surface area contributed by atoms with Crippen LogP contribution < -0.4 is 4.90 Å². The van der Waals surface area contributed by atoms with Crippen molar-refractivity contribution in [1.29, 1.82) is 0 Å². The number of fused-ring (bicyclic) bond motifs is 1. The maximum absolute atomic E-state index is 13.1. The minimum absolute atomic E-state index is 0.00500. The SMILES string of the molecule is C[C@@H]1Cc2ccccc2N1C(=O)[C@@H](C)OC(=O)c1csc(-c2ccc(F)cc2)n1. The highest BCUT2D eigenvalue weighted by molar-refractivity contribution is 7.13. The smallest absolute Gasteiger partial charge is 0.358 e. The summed E-state index contributed by atoms with van der Waals surface area (Å²) in [6.07, 6.45) is -0.164. The van der Waals surface area contributed by atoms with Crippen molar-refractivity contribution >= 4 is 28.9 Å². The molecule has 29 heavy (non-hydrogen) atoms. The zero-order valence-corrected chi connectivity index (χ0v) is 16.8. The van der Waals surface area contributed by atoms with Gasteiger partial charge in [0.25, 0.3) is 5.91 Å². The quantitative estimate of drug-likeness (QED) is 0.596. The van der Waals surface area contributed by atoms with Gasteiger partial charge in [0.05, 0.1) is 0 Å². The minimum atomic E-state index is -0.938. The van der Waals surface area contributed by atoms with Gasteiger partial charge in [0, 0.05) is 22.7 Å². The average molecular weight is 410 g/mol. The van der Waals surface area contributed by atoms with Gasteiger partial charge in [-0.1, -0.05) is 18.2 Å². The van der Waals surface area contributed by atoms with Crippen LogP contribution in [0.15, 0.2) is 53.9 Å². The van der Waals surface area contributed by atoms with E-state index in [2.05, 4.69) is 4.98 Å². The first kappa shape index (κ1) is 19.3. The largest absolute Gasteiger partial charge is 0.448 e. The summed E-state index contributed by atoms with van der Waals surface area (Å²) in [5.41, 5.74) is 2.81. The number of anilines is 1. The van der Waals surface area contributed by atoms with E-state index in [1.165, 1.54) is 23.5 Å². The Morgan fingerprint density at radius 3 is 2.69 bits per heavy atom. The zero-order valence-electron chi connectivity index (χ0n) is 16.0. The summed E-state index contributed by atoms with van der Waals surface area (Å²) < 4.78 is 18.5. The molecule has 1 aliphatic rings. The number of amides is 1. The fraction of sp³-hybridized carbons (Fsp3) is 0.227. The van der Waals surface area contributed by atoms with Crippen LogP contribution in [-0.4, -0.2) is 29.0 Å². The Morgan fingerprint density at radius 1 is 1.21 bits per heavy atom. The predicted octanol–water partition coefficient (Wildman–Crippen LogP) is 4.47. The van der Waals surface area contributed by atoms with Gasteiger partial charge in [-0.25, -0.2) is 14.2 Å². The molecule has 0 bridgehead atoms. The molecule has 4 rings (SSSR count). The van der Waals surface area contributed by atoms with Crippen molar-refractivity contribution < 1.29 is 18.7 Å². The van der Waals surface area contributed by atoms with Crippen molar-refractivity contribution in [3.63, 3.8) is 0 Å². The molecule has 0 N–H and O–H groups in total. The number of hydrogen-bond acceptors (Lipinski definition) is 5. The van der Waals surface area contributed by atoms with Crippen LogP contribution in [0.25, 0.3) is 10.6 Å². The number of rotatable bonds is 4. The van der Waals surface area contributed by atoms with Gasteiger partial charge < -0.3 is 9.64 Å². The molecule has 0 fully saturated rings. The van der Waals surface area contributed by atoms with Gasteiger partial charge in [0.15, 0.2) is 11.8 Å². The highest BCUT2D eigenvalue weighted by Gasteiger charge is 2.34. The summed E-state index contributed by atoms with van der Waals surface area (Å²) in [6, 6.07) is 13.6. The Morgan fingerprint density at radius 2 is 1.93 bits per heavy atom. The molecular formula is C22H19FN2O3S. The van der Waals surface area contributed by atoms with Crippen LogP contribution in [0.1, 0.15) is 29.9 Å². The molecule has 148 valence electrons. The average Bonchev–Trinajstić information content (AvgIpc) is 3.32. The van der Waals surface area contributed by atoms with Gasteiger partial charge in [0.1, 0.15) is 10.8 Å². The van der Waals surface area contributed by atoms with Gasteiger partial charge in [-0.15, -0.1) is 11.3 Å². The number of para-hydroxylation sites is 1. The molecule has 1 amide bonds. The molecule has 2 heterocycles. The molecule has 2 aromatic carbocycles. The fourth-order valence-electron chi connectivity index (χ4n) is 3.46. The van der Waals surface area contributed by atoms with Crippen molar-refractivity contribution in [2.75, 3.05) is 4.90 Å². The number of aromatic nitrogens is 1. The van der Waals surface area contributed by atoms with Gasteiger partial charge in [-0.2, -0.15) is 0 Å². The standard InChI is InChI=1S/C22H19FN2O3S/c1-13-11-16-5-3-4-6-19(16)25(13)21(26)14(2)28-22(27)18-12-29-20(24-18)15-7-9-17(23)10-8-15/h3-10,12-14H,11H2,1-2H3/t13-,14-/m1/s1. The molecule has 0 radical (unpaired) electrons. The fourth-order valence-corrected chi connectivity index (χ4v) is 4.26. The molecule has 5 nitrogen and oxygen atoms in total. The van der Waals surface area contributed by atoms with Crippen molar-refractivity contribution in [3.05, 3.63) is 71.0 Å². The molecule has 2 atom stereocenters. The van der Waals surface area contributed by atoms with E-state index in [0.29, 0.717) is 10.6 Å². The van der Waals surface area contributed by atoms with E-state index in [0.717, 1.165) is 17.7 Å². The molecule has 1 aromatic heterocycles. The number of carbonyl (C=O) groups excluding carboxylic acids is 2. The van der Waals surface area contributed by atoms with Crippen LogP contribution in [0.2, 0.25) is 0 Å². The van der Waals surface area contributed by atoms with Crippen molar-refractivity contribution in [3.8, 4) is 10.6 Å². The lowest BCUT2D eigenvalue weighted by molar-refractivity contribution is -0.126. The maximum atomic E-state index is 13.1. The summed E-state index contributed by atoms with van der Waals surface area (Å²) >= 11 is 1.26. The third-order valence-corrected chi connectivity index (χ3v) is 5.77. The van der Waals surface area contributed by atoms with Crippen LogP contribution >= 0.6 is 11.3 Å². The number of carbonyl (C=O) groups is 2. The van der Waals surface area contributed by atoms with Crippen LogP contribution in [-0.2, 0) is 16.0 Å². The molecule has 0 spiro atoms. The number of hydrogen-bond donors (Lipinski definition) is 0. The molecule has 3 aromatic rings. The molecule has 1 aliphatic heterocycles. The van der Waals surface area contributed by atoms with E-state index in [4.69, 9.17) is 4.74 Å². The van der Waals surface area contributed by atoms with Gasteiger partial charge >= 0.3 is 5.97 Å². The van der Waals surface area contributed by atoms with E-state index < -0.39 is 12.1 Å². The van der Waals surface area contributed by atoms with E-state index >= 15 is 0 Å². The molecule has 0 saturated heterocycles. The highest BCUT2D eigenvalue weighted by atomic mass is 32.1. The number of nitrogens with zero attached hydrogens (tertiary/aromatic N) is 2. The first-order chi connectivity index (χ1) is 13.9. The van der Waals surface area contributed by atoms with E-state index in [-0.39, 0.29) is 23.5 Å². The highest BCUT2D eigenvalue weighted by Crippen LogP contribution is 2.32. The van der Waals surface area contributed by atoms with Crippen LogP contribution in [0.3, 0.4) is 0 Å². The third-order valence-electron chi connectivity index (χ3n) is 4.88. The number of esters is 1. The molecule has 0 saturated carbocycles. The maximum Gasteiger partial charge on any atom is 0.358 e. The lowest BCUT2D eigenvalue weighted by Gasteiger charge is -2.25. The summed E-state index contributed by atoms with van der Waals surface area (Å²) in [4.78, 5) is 31.4. The van der Waals surface area contributed by atoms with E-state index in [1.54, 1.807) is 29.3 Å². The number of benzene rings is 2. The van der Waals surface area contributed by atoms with Crippen LogP contribution in [0, 0.1) is 5.82 Å². The number of ether oxygens (including phenoxy) is 1. The van der Waals surface area contributed by atoms with Crippen LogP contribution in [0.4, 0.5) is 10.1 Å². The minimum Gasteiger partial charge on any atom is -0.448 e. The van der Waals surface area contributed by atoms with Gasteiger partial charge in [-0.3, -0.25) is 4.79 Å². The van der Waals surface area contributed by atoms with E-state index in [9.17, 15) is 14.0 Å². The van der Waals surface area contributed by atoms with Crippen molar-refractivity contribution in [2.24, 2.45) is 0 Å². The number of thiazole rings is 1. The molecular weight excluding hydrogens is 391 g/mol. The Hall–Kier alpha value is -3.06. The van der Waals surface area contributed by atoms with Gasteiger partial charge in [0.2, 0.25) is 0 Å². The number of halogens is 1. The Labute approximate surface area is 171 Å². The molecule has 0 aliphatic carbocycles. The summed E-state index contributed by atoms with van der Waals surface area (Å²) in [6.45, 7) is 3.54. The summed E-state index contributed by atoms with van der Waals surface area (Å²) in [5.74, 6) is -1.25. The topological polar surface area (TPSA) is 59.5 Å². The molecule has 0 unspecified atom stereocenters. The van der Waals surface area contributed by atoms with Gasteiger partial charge in [-0.05, 0) is 56.2 Å². The van der Waals surface area contributed by atoms with Crippen LogP contribution in [0.5, 0.6) is 0 Å². The predicted molar refractivity (Wildman–Crippen MR) is 109 cm³/mol. The van der Waals surface area contributed by atoms with Crippen molar-refractivity contribution in [1.82, 2.24) is 4.98 Å². The first-order valence-electron chi connectivity index (χ1n) is 9.27. The molecule has 7 heteroatoms. The lowest BCUT2D eigenvalue weighted by atomic mass is 10.1. The summed E-state index contributed by atoms with van der Waals surface area (Å²) in [7, 11) is 0. The Kier molecular flexibility index (Phi) is 5.15.